The van der Waals surface area contributed by atoms with Gasteiger partial charge in [-0.25, -0.2) is 12.8 Å². The van der Waals surface area contributed by atoms with E-state index in [-0.39, 0.29) is 27.7 Å². The molecule has 0 saturated heterocycles. The number of rotatable bonds is 10. The first-order valence-electron chi connectivity index (χ1n) is 11.4. The number of nitrogens with zero attached hydrogens (tertiary/aromatic N) is 2. The van der Waals surface area contributed by atoms with Crippen molar-refractivity contribution in [2.45, 2.75) is 23.4 Å². The number of aromatic nitrogens is 2. The van der Waals surface area contributed by atoms with Crippen molar-refractivity contribution in [1.29, 1.82) is 0 Å². The fourth-order valence-electron chi connectivity index (χ4n) is 3.50. The van der Waals surface area contributed by atoms with E-state index in [0.717, 1.165) is 16.9 Å². The highest BCUT2D eigenvalue weighted by Crippen LogP contribution is 2.35. The highest BCUT2D eigenvalue weighted by atomic mass is 32.2. The van der Waals surface area contributed by atoms with Crippen molar-refractivity contribution >= 4 is 32.8 Å². The van der Waals surface area contributed by atoms with Crippen molar-refractivity contribution < 1.29 is 32.2 Å². The van der Waals surface area contributed by atoms with Gasteiger partial charge in [-0.2, -0.15) is 0 Å². The van der Waals surface area contributed by atoms with E-state index >= 15 is 0 Å². The third kappa shape index (κ3) is 6.52. The van der Waals surface area contributed by atoms with Crippen molar-refractivity contribution in [3.05, 3.63) is 88.7 Å². The molecule has 1 amide bonds. The first-order valence-corrected chi connectivity index (χ1v) is 13.8. The third-order valence-corrected chi connectivity index (χ3v) is 8.40. The largest absolute Gasteiger partial charge is 0.493 e. The molecule has 38 heavy (non-hydrogen) atoms. The Kier molecular flexibility index (Phi) is 8.35. The van der Waals surface area contributed by atoms with E-state index in [2.05, 4.69) is 15.5 Å². The summed E-state index contributed by atoms with van der Waals surface area (Å²) in [4.78, 5) is 12.5. The van der Waals surface area contributed by atoms with E-state index in [0.29, 0.717) is 40.3 Å². The number of benzene rings is 3. The molecule has 0 spiro atoms. The smallest absolute Gasteiger partial charge is 0.300 e. The maximum absolute atomic E-state index is 13.4. The summed E-state index contributed by atoms with van der Waals surface area (Å²) in [5.74, 6) is -0.381. The Morgan fingerprint density at radius 3 is 2.45 bits per heavy atom. The van der Waals surface area contributed by atoms with Gasteiger partial charge in [0.25, 0.3) is 5.91 Å². The zero-order valence-electron chi connectivity index (χ0n) is 20.5. The molecule has 0 fully saturated rings. The van der Waals surface area contributed by atoms with Crippen LogP contribution in [0.5, 0.6) is 16.7 Å². The molecule has 9 nitrogen and oxygen atoms in total. The van der Waals surface area contributed by atoms with Crippen LogP contribution in [0, 0.1) is 12.7 Å². The number of carbonyl (C=O) groups excluding carboxylic acids is 1. The number of aliphatic hydroxyl groups is 1. The van der Waals surface area contributed by atoms with Crippen molar-refractivity contribution in [3.8, 4) is 16.7 Å². The molecule has 3 aromatic carbocycles. The van der Waals surface area contributed by atoms with Gasteiger partial charge in [0.05, 0.1) is 12.9 Å². The van der Waals surface area contributed by atoms with Crippen LogP contribution < -0.4 is 14.8 Å². The molecule has 2 N–H and O–H groups in total. The molecule has 0 aliphatic carbocycles. The second kappa shape index (κ2) is 11.7. The number of sulfone groups is 1. The summed E-state index contributed by atoms with van der Waals surface area (Å²) in [6.45, 7) is 1.56. The molecule has 0 radical (unpaired) electrons. The lowest BCUT2D eigenvalue weighted by Crippen LogP contribution is -2.12. The minimum Gasteiger partial charge on any atom is -0.493 e. The summed E-state index contributed by atoms with van der Waals surface area (Å²) in [6.07, 6.45) is 0.419. The van der Waals surface area contributed by atoms with Crippen LogP contribution in [0.2, 0.25) is 0 Å². The van der Waals surface area contributed by atoms with E-state index in [1.54, 1.807) is 37.3 Å². The van der Waals surface area contributed by atoms with Gasteiger partial charge in [0.1, 0.15) is 5.82 Å². The molecule has 0 aliphatic rings. The van der Waals surface area contributed by atoms with Crippen molar-refractivity contribution in [1.82, 2.24) is 10.2 Å². The SMILES string of the molecule is COc1ccc(CCO)cc1Oc1nnc(S(=O)(=O)Cc2ccc(C(=O)Nc3ccc(F)c(C)c3)cc2)s1. The van der Waals surface area contributed by atoms with Crippen LogP contribution in [-0.4, -0.2) is 43.3 Å². The summed E-state index contributed by atoms with van der Waals surface area (Å²) in [5.41, 5.74) is 2.44. The molecule has 198 valence electrons. The number of halogens is 1. The molecule has 0 unspecified atom stereocenters. The van der Waals surface area contributed by atoms with Gasteiger partial charge in [-0.15, -0.1) is 5.10 Å². The molecule has 1 heterocycles. The molecule has 0 bridgehead atoms. The van der Waals surface area contributed by atoms with E-state index in [4.69, 9.17) is 9.47 Å². The first-order chi connectivity index (χ1) is 18.2. The second-order valence-corrected chi connectivity index (χ2v) is 11.4. The zero-order chi connectivity index (χ0) is 27.3. The van der Waals surface area contributed by atoms with Crippen molar-refractivity contribution in [2.75, 3.05) is 19.0 Å². The highest BCUT2D eigenvalue weighted by Gasteiger charge is 2.23. The molecule has 4 aromatic rings. The number of hydrogen-bond donors (Lipinski definition) is 2. The van der Waals surface area contributed by atoms with Gasteiger partial charge in [-0.3, -0.25) is 4.79 Å². The van der Waals surface area contributed by atoms with Crippen LogP contribution in [0.15, 0.2) is 65.0 Å². The van der Waals surface area contributed by atoms with E-state index in [1.807, 2.05) is 0 Å². The summed E-state index contributed by atoms with van der Waals surface area (Å²) >= 11 is 0.776. The minimum absolute atomic E-state index is 0.0195. The predicted octanol–water partition coefficient (Wildman–Crippen LogP) is 4.55. The summed E-state index contributed by atoms with van der Waals surface area (Å²) in [5, 5.41) is 19.5. The number of amides is 1. The predicted molar refractivity (Wildman–Crippen MR) is 140 cm³/mol. The summed E-state index contributed by atoms with van der Waals surface area (Å²) in [6, 6.07) is 15.5. The number of aryl methyl sites for hydroxylation is 1. The molecule has 0 aliphatic heterocycles. The Morgan fingerprint density at radius 1 is 1.03 bits per heavy atom. The van der Waals surface area contributed by atoms with Crippen LogP contribution >= 0.6 is 11.3 Å². The van der Waals surface area contributed by atoms with Gasteiger partial charge in [-0.05, 0) is 83.8 Å². The first kappa shape index (κ1) is 27.2. The lowest BCUT2D eigenvalue weighted by atomic mass is 10.1. The van der Waals surface area contributed by atoms with Crippen LogP contribution in [0.3, 0.4) is 0 Å². The van der Waals surface area contributed by atoms with E-state index in [9.17, 15) is 22.7 Å². The van der Waals surface area contributed by atoms with Gasteiger partial charge in [-0.1, -0.05) is 23.3 Å². The number of methoxy groups -OCH3 is 1. The Morgan fingerprint density at radius 2 is 1.76 bits per heavy atom. The molecule has 4 rings (SSSR count). The second-order valence-electron chi connectivity index (χ2n) is 8.27. The van der Waals surface area contributed by atoms with Crippen molar-refractivity contribution in [3.63, 3.8) is 0 Å². The quantitative estimate of drug-likeness (QED) is 0.291. The van der Waals surface area contributed by atoms with Gasteiger partial charge in [0.15, 0.2) is 11.5 Å². The van der Waals surface area contributed by atoms with E-state index < -0.39 is 15.7 Å². The zero-order valence-corrected chi connectivity index (χ0v) is 22.1. The number of anilines is 1. The topological polar surface area (TPSA) is 128 Å². The van der Waals surface area contributed by atoms with E-state index in [1.165, 1.54) is 37.4 Å². The standard InChI is InChI=1S/C26H24FN3O6S2/c1-16-13-20(8-9-21(16)27)28-24(32)19-6-3-18(4-7-19)15-38(33,34)26-30-29-25(37-26)36-23-14-17(11-12-31)5-10-22(23)35-2/h3-10,13-14,31H,11-12,15H2,1-2H3,(H,28,32). The Labute approximate surface area is 222 Å². The summed E-state index contributed by atoms with van der Waals surface area (Å²) < 4.78 is 50.1. The fourth-order valence-corrected chi connectivity index (χ4v) is 5.77. The molecular weight excluding hydrogens is 533 g/mol. The Balaban J connectivity index is 1.43. The Hall–Kier alpha value is -3.87. The monoisotopic (exact) mass is 557 g/mol. The van der Waals surface area contributed by atoms with Gasteiger partial charge >= 0.3 is 5.19 Å². The van der Waals surface area contributed by atoms with Gasteiger partial charge in [0.2, 0.25) is 14.2 Å². The normalized spacial score (nSPS) is 11.3. The van der Waals surface area contributed by atoms with Crippen LogP contribution in [0.25, 0.3) is 0 Å². The van der Waals surface area contributed by atoms with Gasteiger partial charge < -0.3 is 19.9 Å². The molecular formula is C26H24FN3O6S2. The molecule has 0 atom stereocenters. The van der Waals surface area contributed by atoms with Crippen LogP contribution in [0.4, 0.5) is 10.1 Å². The number of ether oxygens (including phenoxy) is 2. The van der Waals surface area contributed by atoms with Gasteiger partial charge in [0, 0.05) is 17.9 Å². The Bertz CT molecular complexity index is 1560. The maximum atomic E-state index is 13.4. The average molecular weight is 558 g/mol. The minimum atomic E-state index is -3.84. The number of nitrogens with one attached hydrogen (secondary N) is 1. The summed E-state index contributed by atoms with van der Waals surface area (Å²) in [7, 11) is -2.37. The molecule has 1 aromatic heterocycles. The number of carbonyl (C=O) groups is 1. The number of aliphatic hydroxyl groups excluding tert-OH is 1. The number of hydrogen-bond acceptors (Lipinski definition) is 9. The fraction of sp³-hybridized carbons (Fsp3) is 0.192. The maximum Gasteiger partial charge on any atom is 0.300 e. The molecule has 12 heteroatoms. The van der Waals surface area contributed by atoms with Crippen molar-refractivity contribution in [2.24, 2.45) is 0 Å². The highest BCUT2D eigenvalue weighted by molar-refractivity contribution is 7.92. The lowest BCUT2D eigenvalue weighted by Gasteiger charge is -2.09. The third-order valence-electron chi connectivity index (χ3n) is 5.47. The van der Waals surface area contributed by atoms with Crippen LogP contribution in [-0.2, 0) is 22.0 Å². The lowest BCUT2D eigenvalue weighted by molar-refractivity contribution is 0.102. The van der Waals surface area contributed by atoms with Crippen LogP contribution in [0.1, 0.15) is 27.0 Å². The average Bonchev–Trinajstić information content (AvgIpc) is 3.36. The molecule has 0 saturated carbocycles.